The number of amides is 2. The summed E-state index contributed by atoms with van der Waals surface area (Å²) in [5, 5.41) is 5.47. The molecular weight excluding hydrogens is 408 g/mol. The van der Waals surface area contributed by atoms with Crippen LogP contribution in [0.2, 0.25) is 0 Å². The molecule has 0 spiro atoms. The predicted octanol–water partition coefficient (Wildman–Crippen LogP) is 1.57. The number of nitrogens with zero attached hydrogens (tertiary/aromatic N) is 2. The summed E-state index contributed by atoms with van der Waals surface area (Å²) >= 11 is 0. The van der Waals surface area contributed by atoms with Crippen LogP contribution in [0.5, 0.6) is 5.75 Å². The Morgan fingerprint density at radius 2 is 1.62 bits per heavy atom. The third kappa shape index (κ3) is 6.45. The maximum Gasteiger partial charge on any atom is 0.309 e. The second-order valence-electron chi connectivity index (χ2n) is 7.89. The monoisotopic (exact) mass is 440 g/mol. The number of methoxy groups -OCH3 is 1. The molecule has 32 heavy (non-hydrogen) atoms. The Morgan fingerprint density at radius 1 is 1.00 bits per heavy atom. The molecule has 0 saturated carbocycles. The van der Waals surface area contributed by atoms with E-state index in [0.29, 0.717) is 19.8 Å². The highest BCUT2D eigenvalue weighted by Gasteiger charge is 2.24. The Bertz CT molecular complexity index is 878. The molecule has 0 bridgehead atoms. The Hall–Kier alpha value is -3.10. The summed E-state index contributed by atoms with van der Waals surface area (Å²) in [4.78, 5) is 29.1. The fourth-order valence-corrected chi connectivity index (χ4v) is 3.62. The van der Waals surface area contributed by atoms with Gasteiger partial charge in [0.05, 0.1) is 26.4 Å². The molecule has 1 saturated heterocycles. The van der Waals surface area contributed by atoms with E-state index in [4.69, 9.17) is 9.47 Å². The van der Waals surface area contributed by atoms with Crippen molar-refractivity contribution in [3.8, 4) is 5.75 Å². The van der Waals surface area contributed by atoms with Crippen LogP contribution in [0.15, 0.2) is 48.5 Å². The number of nitrogens with one attached hydrogen (secondary N) is 2. The maximum atomic E-state index is 12.4. The number of carbonyl (C=O) groups excluding carboxylic acids is 2. The SMILES string of the molecule is COc1ccc(CNC(=O)C(=O)NCC(c2ccc(N(C)C)cc2)N2CCOCC2)cc1. The van der Waals surface area contributed by atoms with Crippen LogP contribution >= 0.6 is 0 Å². The van der Waals surface area contributed by atoms with Gasteiger partial charge in [-0.15, -0.1) is 0 Å². The number of hydrogen-bond donors (Lipinski definition) is 2. The van der Waals surface area contributed by atoms with Crippen molar-refractivity contribution < 1.29 is 19.1 Å². The Morgan fingerprint density at radius 3 is 2.22 bits per heavy atom. The highest BCUT2D eigenvalue weighted by molar-refractivity contribution is 6.35. The van der Waals surface area contributed by atoms with Gasteiger partial charge >= 0.3 is 11.8 Å². The van der Waals surface area contributed by atoms with Crippen molar-refractivity contribution in [2.45, 2.75) is 12.6 Å². The second-order valence-corrected chi connectivity index (χ2v) is 7.89. The van der Waals surface area contributed by atoms with Crippen LogP contribution in [0.3, 0.4) is 0 Å². The first-order valence-corrected chi connectivity index (χ1v) is 10.8. The van der Waals surface area contributed by atoms with Crippen molar-refractivity contribution in [2.75, 3.05) is 59.0 Å². The quantitative estimate of drug-likeness (QED) is 0.607. The average Bonchev–Trinajstić information content (AvgIpc) is 2.83. The molecule has 1 heterocycles. The Labute approximate surface area is 189 Å². The largest absolute Gasteiger partial charge is 0.497 e. The first-order valence-electron chi connectivity index (χ1n) is 10.8. The van der Waals surface area contributed by atoms with E-state index in [1.165, 1.54) is 0 Å². The van der Waals surface area contributed by atoms with Gasteiger partial charge in [-0.05, 0) is 35.4 Å². The molecule has 8 heteroatoms. The van der Waals surface area contributed by atoms with E-state index in [-0.39, 0.29) is 12.6 Å². The molecule has 1 aliphatic rings. The molecule has 2 amide bonds. The lowest BCUT2D eigenvalue weighted by molar-refractivity contribution is -0.139. The fraction of sp³-hybridized carbons (Fsp3) is 0.417. The van der Waals surface area contributed by atoms with Crippen molar-refractivity contribution >= 4 is 17.5 Å². The lowest BCUT2D eigenvalue weighted by Gasteiger charge is -2.35. The number of rotatable bonds is 8. The molecule has 1 unspecified atom stereocenters. The normalized spacial score (nSPS) is 15.0. The third-order valence-electron chi connectivity index (χ3n) is 5.56. The zero-order valence-electron chi connectivity index (χ0n) is 19.0. The number of benzene rings is 2. The smallest absolute Gasteiger partial charge is 0.309 e. The molecule has 1 fully saturated rings. The summed E-state index contributed by atoms with van der Waals surface area (Å²) in [5.41, 5.74) is 3.09. The minimum absolute atomic E-state index is 0.0338. The van der Waals surface area contributed by atoms with Gasteiger partial charge in [-0.3, -0.25) is 14.5 Å². The lowest BCUT2D eigenvalue weighted by atomic mass is 10.0. The molecule has 2 aromatic rings. The van der Waals surface area contributed by atoms with Gasteiger partial charge in [-0.25, -0.2) is 0 Å². The fourth-order valence-electron chi connectivity index (χ4n) is 3.62. The zero-order valence-corrected chi connectivity index (χ0v) is 19.0. The van der Waals surface area contributed by atoms with Crippen LogP contribution in [0.25, 0.3) is 0 Å². The molecule has 0 aromatic heterocycles. The Kier molecular flexibility index (Phi) is 8.47. The van der Waals surface area contributed by atoms with E-state index in [9.17, 15) is 9.59 Å². The van der Waals surface area contributed by atoms with Gasteiger partial charge < -0.3 is 25.0 Å². The number of hydrogen-bond acceptors (Lipinski definition) is 6. The zero-order chi connectivity index (χ0) is 22.9. The van der Waals surface area contributed by atoms with Crippen LogP contribution in [-0.2, 0) is 20.9 Å². The van der Waals surface area contributed by atoms with Gasteiger partial charge in [-0.2, -0.15) is 0 Å². The number of ether oxygens (including phenoxy) is 2. The van der Waals surface area contributed by atoms with Crippen molar-refractivity contribution in [3.63, 3.8) is 0 Å². The number of morpholine rings is 1. The molecule has 1 aliphatic heterocycles. The van der Waals surface area contributed by atoms with Crippen LogP contribution in [-0.4, -0.2) is 70.8 Å². The molecule has 0 aliphatic carbocycles. The minimum atomic E-state index is -0.649. The molecule has 2 N–H and O–H groups in total. The van der Waals surface area contributed by atoms with Crippen molar-refractivity contribution in [2.24, 2.45) is 0 Å². The molecule has 3 rings (SSSR count). The minimum Gasteiger partial charge on any atom is -0.497 e. The second kappa shape index (κ2) is 11.5. The third-order valence-corrected chi connectivity index (χ3v) is 5.56. The van der Waals surface area contributed by atoms with Crippen LogP contribution in [0.1, 0.15) is 17.2 Å². The molecule has 1 atom stereocenters. The van der Waals surface area contributed by atoms with Gasteiger partial charge in [0.1, 0.15) is 5.75 Å². The molecular formula is C24H32N4O4. The van der Waals surface area contributed by atoms with Crippen molar-refractivity contribution in [3.05, 3.63) is 59.7 Å². The summed E-state index contributed by atoms with van der Waals surface area (Å²) in [7, 11) is 5.60. The van der Waals surface area contributed by atoms with E-state index >= 15 is 0 Å². The molecule has 172 valence electrons. The van der Waals surface area contributed by atoms with Crippen LogP contribution in [0, 0.1) is 0 Å². The standard InChI is InChI=1S/C24H32N4O4/c1-27(2)20-8-6-19(7-9-20)22(28-12-14-32-15-13-28)17-26-24(30)23(29)25-16-18-4-10-21(31-3)11-5-18/h4-11,22H,12-17H2,1-3H3,(H,25,29)(H,26,30). The van der Waals surface area contributed by atoms with Crippen LogP contribution in [0.4, 0.5) is 5.69 Å². The highest BCUT2D eigenvalue weighted by atomic mass is 16.5. The summed E-state index contributed by atoms with van der Waals surface area (Å²) < 4.78 is 10.6. The summed E-state index contributed by atoms with van der Waals surface area (Å²) in [5.74, 6) is -0.545. The topological polar surface area (TPSA) is 83.1 Å². The van der Waals surface area contributed by atoms with Gasteiger partial charge in [-0.1, -0.05) is 24.3 Å². The van der Waals surface area contributed by atoms with Gasteiger partial charge in [0.2, 0.25) is 0 Å². The van der Waals surface area contributed by atoms with E-state index in [0.717, 1.165) is 35.7 Å². The van der Waals surface area contributed by atoms with Crippen molar-refractivity contribution in [1.29, 1.82) is 0 Å². The average molecular weight is 441 g/mol. The van der Waals surface area contributed by atoms with Crippen molar-refractivity contribution in [1.82, 2.24) is 15.5 Å². The predicted molar refractivity (Wildman–Crippen MR) is 124 cm³/mol. The van der Waals surface area contributed by atoms with E-state index in [2.05, 4.69) is 39.8 Å². The number of anilines is 1. The van der Waals surface area contributed by atoms with E-state index in [1.807, 2.05) is 43.3 Å². The molecule has 0 radical (unpaired) electrons. The van der Waals surface area contributed by atoms with Gasteiger partial charge in [0.25, 0.3) is 0 Å². The highest BCUT2D eigenvalue weighted by Crippen LogP contribution is 2.23. The molecule has 2 aromatic carbocycles. The van der Waals surface area contributed by atoms with Crippen LogP contribution < -0.4 is 20.3 Å². The first kappa shape index (κ1) is 23.6. The molecule has 8 nitrogen and oxygen atoms in total. The first-order chi connectivity index (χ1) is 15.5. The number of carbonyl (C=O) groups is 2. The summed E-state index contributed by atoms with van der Waals surface area (Å²) in [6.45, 7) is 3.48. The summed E-state index contributed by atoms with van der Waals surface area (Å²) in [6.07, 6.45) is 0. The Balaban J connectivity index is 1.58. The summed E-state index contributed by atoms with van der Waals surface area (Å²) in [6, 6.07) is 15.6. The van der Waals surface area contributed by atoms with Gasteiger partial charge in [0.15, 0.2) is 0 Å². The van der Waals surface area contributed by atoms with E-state index < -0.39 is 11.8 Å². The maximum absolute atomic E-state index is 12.4. The van der Waals surface area contributed by atoms with Gasteiger partial charge in [0, 0.05) is 46.0 Å². The van der Waals surface area contributed by atoms with E-state index in [1.54, 1.807) is 7.11 Å². The lowest BCUT2D eigenvalue weighted by Crippen LogP contribution is -2.46.